The topological polar surface area (TPSA) is 58.6 Å². The smallest absolute Gasteiger partial charge is 0.308 e. The van der Waals surface area contributed by atoms with Crippen LogP contribution in [0, 0.1) is 0 Å². The molecular formula is C19H21Cl2NO3. The summed E-state index contributed by atoms with van der Waals surface area (Å²) in [4.78, 5) is 12.1. The van der Waals surface area contributed by atoms with Crippen molar-refractivity contribution in [2.45, 2.75) is 32.2 Å². The van der Waals surface area contributed by atoms with Gasteiger partial charge in [-0.1, -0.05) is 54.7 Å². The molecule has 2 aromatic rings. The van der Waals surface area contributed by atoms with Gasteiger partial charge in [-0.15, -0.1) is 0 Å². The number of phenolic OH excluding ortho intramolecular Hbond substituents is 1. The number of carbonyl (C=O) groups is 1. The molecule has 134 valence electrons. The fraction of sp³-hybridized carbons (Fsp3) is 0.316. The number of anilines is 1. The van der Waals surface area contributed by atoms with Gasteiger partial charge in [0.25, 0.3) is 0 Å². The Morgan fingerprint density at radius 2 is 1.96 bits per heavy atom. The number of aromatic hydroxyl groups is 1. The van der Waals surface area contributed by atoms with E-state index >= 15 is 0 Å². The second-order valence-corrected chi connectivity index (χ2v) is 6.48. The molecule has 2 N–H and O–H groups in total. The highest BCUT2D eigenvalue weighted by atomic mass is 35.5. The van der Waals surface area contributed by atoms with Gasteiger partial charge in [0.1, 0.15) is 5.75 Å². The molecule has 2 aromatic carbocycles. The molecule has 2 rings (SSSR count). The van der Waals surface area contributed by atoms with Gasteiger partial charge in [-0.25, -0.2) is 0 Å². The van der Waals surface area contributed by atoms with E-state index < -0.39 is 6.04 Å². The lowest BCUT2D eigenvalue weighted by atomic mass is 10.0. The van der Waals surface area contributed by atoms with Crippen LogP contribution in [0.25, 0.3) is 0 Å². The number of rotatable bonds is 8. The average molecular weight is 382 g/mol. The number of carbonyl (C=O) groups excluding carboxylic acids is 1. The Bertz CT molecular complexity index is 722. The molecule has 0 amide bonds. The van der Waals surface area contributed by atoms with Crippen LogP contribution in [-0.2, 0) is 9.53 Å². The van der Waals surface area contributed by atoms with Crippen molar-refractivity contribution in [3.8, 4) is 5.75 Å². The highest BCUT2D eigenvalue weighted by Crippen LogP contribution is 2.32. The lowest BCUT2D eigenvalue weighted by Gasteiger charge is -2.21. The first-order valence-corrected chi connectivity index (χ1v) is 8.92. The third-order valence-electron chi connectivity index (χ3n) is 3.71. The van der Waals surface area contributed by atoms with Crippen molar-refractivity contribution >= 4 is 34.9 Å². The standard InChI is InChI=1S/C19H21Cl2NO3/c1-2-3-10-25-19(24)12-17(13-8-9-14(20)15(21)11-13)22-16-6-4-5-7-18(16)23/h4-9,11,17,22-23H,2-3,10,12H2,1H3/t17-/m1/s1. The summed E-state index contributed by atoms with van der Waals surface area (Å²) in [6.07, 6.45) is 1.89. The first kappa shape index (κ1) is 19.4. The number of para-hydroxylation sites is 2. The Balaban J connectivity index is 2.20. The molecule has 0 fully saturated rings. The Kier molecular flexibility index (Phi) is 7.41. The maximum Gasteiger partial charge on any atom is 0.308 e. The molecule has 0 aliphatic rings. The summed E-state index contributed by atoms with van der Waals surface area (Å²) in [6, 6.07) is 11.6. The van der Waals surface area contributed by atoms with Crippen LogP contribution in [0.2, 0.25) is 10.0 Å². The molecule has 0 heterocycles. The van der Waals surface area contributed by atoms with E-state index in [1.165, 1.54) is 0 Å². The van der Waals surface area contributed by atoms with Crippen LogP contribution in [0.1, 0.15) is 37.8 Å². The van der Waals surface area contributed by atoms with Gasteiger partial charge < -0.3 is 15.2 Å². The van der Waals surface area contributed by atoms with Crippen LogP contribution in [0.15, 0.2) is 42.5 Å². The van der Waals surface area contributed by atoms with E-state index in [0.717, 1.165) is 18.4 Å². The lowest BCUT2D eigenvalue weighted by Crippen LogP contribution is -2.18. The molecule has 0 spiro atoms. The van der Waals surface area contributed by atoms with E-state index in [9.17, 15) is 9.90 Å². The number of hydrogen-bond donors (Lipinski definition) is 2. The van der Waals surface area contributed by atoms with Crippen molar-refractivity contribution < 1.29 is 14.6 Å². The molecule has 0 bridgehead atoms. The van der Waals surface area contributed by atoms with Gasteiger partial charge in [0.15, 0.2) is 0 Å². The SMILES string of the molecule is CCCCOC(=O)C[C@@H](Nc1ccccc1O)c1ccc(Cl)c(Cl)c1. The zero-order chi connectivity index (χ0) is 18.2. The number of esters is 1. The van der Waals surface area contributed by atoms with Gasteiger partial charge in [0, 0.05) is 0 Å². The average Bonchev–Trinajstić information content (AvgIpc) is 2.59. The van der Waals surface area contributed by atoms with E-state index in [1.807, 2.05) is 6.92 Å². The number of ether oxygens (including phenoxy) is 1. The number of nitrogens with one attached hydrogen (secondary N) is 1. The van der Waals surface area contributed by atoms with Crippen molar-refractivity contribution in [3.05, 3.63) is 58.1 Å². The number of unbranched alkanes of at least 4 members (excludes halogenated alkanes) is 1. The summed E-state index contributed by atoms with van der Waals surface area (Å²) in [5.41, 5.74) is 1.31. The van der Waals surface area contributed by atoms with E-state index in [0.29, 0.717) is 22.3 Å². The van der Waals surface area contributed by atoms with Gasteiger partial charge in [0.2, 0.25) is 0 Å². The molecule has 1 atom stereocenters. The summed E-state index contributed by atoms with van der Waals surface area (Å²) in [5, 5.41) is 14.0. The summed E-state index contributed by atoms with van der Waals surface area (Å²) in [5.74, 6) is -0.209. The molecular weight excluding hydrogens is 361 g/mol. The van der Waals surface area contributed by atoms with Crippen LogP contribution in [0.3, 0.4) is 0 Å². The van der Waals surface area contributed by atoms with Crippen molar-refractivity contribution in [3.63, 3.8) is 0 Å². The fourth-order valence-electron chi connectivity index (χ4n) is 2.32. The van der Waals surface area contributed by atoms with Crippen molar-refractivity contribution in [1.29, 1.82) is 0 Å². The first-order valence-electron chi connectivity index (χ1n) is 8.16. The summed E-state index contributed by atoms with van der Waals surface area (Å²) in [6.45, 7) is 2.44. The third kappa shape index (κ3) is 5.83. The number of benzene rings is 2. The highest BCUT2D eigenvalue weighted by Gasteiger charge is 2.19. The van der Waals surface area contributed by atoms with Gasteiger partial charge in [-0.3, -0.25) is 4.79 Å². The minimum atomic E-state index is -0.405. The molecule has 0 aliphatic carbocycles. The van der Waals surface area contributed by atoms with Gasteiger partial charge in [-0.2, -0.15) is 0 Å². The van der Waals surface area contributed by atoms with Crippen molar-refractivity contribution in [1.82, 2.24) is 0 Å². The maximum absolute atomic E-state index is 12.1. The Morgan fingerprint density at radius 1 is 1.20 bits per heavy atom. The molecule has 0 saturated carbocycles. The monoisotopic (exact) mass is 381 g/mol. The maximum atomic E-state index is 12.1. The Morgan fingerprint density at radius 3 is 2.64 bits per heavy atom. The first-order chi connectivity index (χ1) is 12.0. The van der Waals surface area contributed by atoms with Crippen LogP contribution < -0.4 is 5.32 Å². The Hall–Kier alpha value is -1.91. The van der Waals surface area contributed by atoms with E-state index in [-0.39, 0.29) is 18.1 Å². The van der Waals surface area contributed by atoms with Crippen LogP contribution >= 0.6 is 23.2 Å². The summed E-state index contributed by atoms with van der Waals surface area (Å²) < 4.78 is 5.26. The molecule has 4 nitrogen and oxygen atoms in total. The van der Waals surface area contributed by atoms with Gasteiger partial charge in [-0.05, 0) is 36.2 Å². The molecule has 0 unspecified atom stereocenters. The van der Waals surface area contributed by atoms with Crippen molar-refractivity contribution in [2.75, 3.05) is 11.9 Å². The van der Waals surface area contributed by atoms with E-state index in [1.54, 1.807) is 42.5 Å². The largest absolute Gasteiger partial charge is 0.506 e. The zero-order valence-electron chi connectivity index (χ0n) is 14.0. The number of phenols is 1. The normalized spacial score (nSPS) is 11.8. The fourth-order valence-corrected chi connectivity index (χ4v) is 2.63. The quantitative estimate of drug-likeness (QED) is 0.355. The summed E-state index contributed by atoms with van der Waals surface area (Å²) in [7, 11) is 0. The van der Waals surface area contributed by atoms with Gasteiger partial charge >= 0.3 is 5.97 Å². The molecule has 0 saturated heterocycles. The van der Waals surface area contributed by atoms with Crippen LogP contribution in [0.5, 0.6) is 5.75 Å². The van der Waals surface area contributed by atoms with E-state index in [2.05, 4.69) is 5.32 Å². The lowest BCUT2D eigenvalue weighted by molar-refractivity contribution is -0.144. The van der Waals surface area contributed by atoms with Crippen LogP contribution in [0.4, 0.5) is 5.69 Å². The predicted octanol–water partition coefficient (Wildman–Crippen LogP) is 5.59. The molecule has 0 aromatic heterocycles. The molecule has 0 aliphatic heterocycles. The Labute approximate surface area is 157 Å². The number of halogens is 2. The van der Waals surface area contributed by atoms with Crippen LogP contribution in [-0.4, -0.2) is 17.7 Å². The van der Waals surface area contributed by atoms with Crippen molar-refractivity contribution in [2.24, 2.45) is 0 Å². The second kappa shape index (κ2) is 9.54. The van der Waals surface area contributed by atoms with E-state index in [4.69, 9.17) is 27.9 Å². The number of hydrogen-bond acceptors (Lipinski definition) is 4. The minimum absolute atomic E-state index is 0.104. The molecule has 6 heteroatoms. The minimum Gasteiger partial charge on any atom is -0.506 e. The second-order valence-electron chi connectivity index (χ2n) is 5.67. The third-order valence-corrected chi connectivity index (χ3v) is 4.45. The highest BCUT2D eigenvalue weighted by molar-refractivity contribution is 6.42. The summed E-state index contributed by atoms with van der Waals surface area (Å²) >= 11 is 12.1. The van der Waals surface area contributed by atoms with Gasteiger partial charge in [0.05, 0.1) is 34.8 Å². The predicted molar refractivity (Wildman–Crippen MR) is 101 cm³/mol. The zero-order valence-corrected chi connectivity index (χ0v) is 15.5. The molecule has 0 radical (unpaired) electrons. The molecule has 25 heavy (non-hydrogen) atoms.